The van der Waals surface area contributed by atoms with Gasteiger partial charge in [0.05, 0.1) is 12.1 Å². The lowest BCUT2D eigenvalue weighted by atomic mass is 10.1. The molecule has 0 radical (unpaired) electrons. The maximum atomic E-state index is 13.0. The Morgan fingerprint density at radius 1 is 1.06 bits per heavy atom. The molecule has 0 spiro atoms. The number of carbonyl (C=O) groups excluding carboxylic acids is 1. The van der Waals surface area contributed by atoms with Gasteiger partial charge in [0.25, 0.3) is 5.91 Å². The highest BCUT2D eigenvalue weighted by Gasteiger charge is 2.31. The Labute approximate surface area is 181 Å². The number of anilines is 2. The SMILES string of the molecule is O=C(Nc1ccc(F)cc1)c1coc(CN2CCN(c3cccc(C(F)(F)F)c3)CC2)n1. The van der Waals surface area contributed by atoms with Gasteiger partial charge in [0.2, 0.25) is 5.89 Å². The minimum Gasteiger partial charge on any atom is -0.447 e. The first-order valence-electron chi connectivity index (χ1n) is 9.94. The van der Waals surface area contributed by atoms with E-state index < -0.39 is 23.5 Å². The first kappa shape index (κ1) is 21.8. The second-order valence-corrected chi connectivity index (χ2v) is 7.40. The predicted molar refractivity (Wildman–Crippen MR) is 110 cm³/mol. The van der Waals surface area contributed by atoms with Crippen molar-refractivity contribution in [1.29, 1.82) is 0 Å². The molecule has 0 bridgehead atoms. The molecule has 6 nitrogen and oxygen atoms in total. The van der Waals surface area contributed by atoms with Crippen LogP contribution in [0, 0.1) is 5.82 Å². The number of rotatable bonds is 5. The zero-order chi connectivity index (χ0) is 22.7. The van der Waals surface area contributed by atoms with Gasteiger partial charge in [-0.2, -0.15) is 13.2 Å². The fraction of sp³-hybridized carbons (Fsp3) is 0.273. The number of oxazole rings is 1. The van der Waals surface area contributed by atoms with Crippen molar-refractivity contribution in [3.05, 3.63) is 77.8 Å². The maximum absolute atomic E-state index is 13.0. The number of benzene rings is 2. The van der Waals surface area contributed by atoms with Crippen molar-refractivity contribution < 1.29 is 26.8 Å². The number of halogens is 4. The number of hydrogen-bond donors (Lipinski definition) is 1. The third kappa shape index (κ3) is 5.25. The van der Waals surface area contributed by atoms with Gasteiger partial charge in [0, 0.05) is 37.6 Å². The van der Waals surface area contributed by atoms with Crippen LogP contribution < -0.4 is 10.2 Å². The Morgan fingerprint density at radius 3 is 2.47 bits per heavy atom. The number of alkyl halides is 3. The molecule has 1 saturated heterocycles. The number of piperazine rings is 1. The molecule has 4 rings (SSSR count). The van der Waals surface area contributed by atoms with Crippen molar-refractivity contribution >= 4 is 17.3 Å². The van der Waals surface area contributed by atoms with Crippen LogP contribution in [-0.2, 0) is 12.7 Å². The molecule has 32 heavy (non-hydrogen) atoms. The summed E-state index contributed by atoms with van der Waals surface area (Å²) in [7, 11) is 0. The van der Waals surface area contributed by atoms with E-state index >= 15 is 0 Å². The van der Waals surface area contributed by atoms with Crippen LogP contribution in [0.1, 0.15) is 21.9 Å². The van der Waals surface area contributed by atoms with Crippen LogP contribution in [0.25, 0.3) is 0 Å². The number of aromatic nitrogens is 1. The molecular weight excluding hydrogens is 428 g/mol. The molecule has 0 aliphatic carbocycles. The lowest BCUT2D eigenvalue weighted by Crippen LogP contribution is -2.46. The molecule has 2 heterocycles. The second-order valence-electron chi connectivity index (χ2n) is 7.40. The lowest BCUT2D eigenvalue weighted by Gasteiger charge is -2.35. The Bertz CT molecular complexity index is 1070. The van der Waals surface area contributed by atoms with Gasteiger partial charge in [-0.3, -0.25) is 9.69 Å². The predicted octanol–water partition coefficient (Wildman–Crippen LogP) is 4.41. The molecule has 1 amide bonds. The Balaban J connectivity index is 1.31. The van der Waals surface area contributed by atoms with E-state index in [-0.39, 0.29) is 5.69 Å². The fourth-order valence-corrected chi connectivity index (χ4v) is 3.45. The van der Waals surface area contributed by atoms with Gasteiger partial charge in [0.15, 0.2) is 5.69 Å². The number of nitrogens with zero attached hydrogens (tertiary/aromatic N) is 3. The molecule has 1 fully saturated rings. The summed E-state index contributed by atoms with van der Waals surface area (Å²) < 4.78 is 57.2. The van der Waals surface area contributed by atoms with E-state index in [1.807, 2.05) is 4.90 Å². The van der Waals surface area contributed by atoms with Crippen molar-refractivity contribution in [2.24, 2.45) is 0 Å². The van der Waals surface area contributed by atoms with Crippen molar-refractivity contribution in [1.82, 2.24) is 9.88 Å². The summed E-state index contributed by atoms with van der Waals surface area (Å²) in [6.07, 6.45) is -3.11. The first-order chi connectivity index (χ1) is 15.3. The molecule has 2 aromatic carbocycles. The van der Waals surface area contributed by atoms with E-state index in [0.717, 1.165) is 12.1 Å². The van der Waals surface area contributed by atoms with E-state index in [1.54, 1.807) is 6.07 Å². The second kappa shape index (κ2) is 8.99. The van der Waals surface area contributed by atoms with Crippen molar-refractivity contribution in [2.45, 2.75) is 12.7 Å². The highest BCUT2D eigenvalue weighted by atomic mass is 19.4. The van der Waals surface area contributed by atoms with Gasteiger partial charge in [-0.15, -0.1) is 0 Å². The fourth-order valence-electron chi connectivity index (χ4n) is 3.45. The summed E-state index contributed by atoms with van der Waals surface area (Å²) >= 11 is 0. The van der Waals surface area contributed by atoms with Gasteiger partial charge in [-0.25, -0.2) is 9.37 Å². The standard InChI is InChI=1S/C22H20F4N4O2/c23-16-4-6-17(7-5-16)27-21(31)19-14-32-20(28-19)13-29-8-10-30(11-9-29)18-3-1-2-15(12-18)22(24,25)26/h1-7,12,14H,8-11,13H2,(H,27,31). The minimum absolute atomic E-state index is 0.104. The topological polar surface area (TPSA) is 61.6 Å². The summed E-state index contributed by atoms with van der Waals surface area (Å²) in [5.41, 5.74) is 0.414. The Kier molecular flexibility index (Phi) is 6.13. The van der Waals surface area contributed by atoms with Gasteiger partial charge in [0.1, 0.15) is 12.1 Å². The molecule has 10 heteroatoms. The van der Waals surface area contributed by atoms with E-state index in [2.05, 4.69) is 15.2 Å². The van der Waals surface area contributed by atoms with Crippen LogP contribution in [0.15, 0.2) is 59.2 Å². The van der Waals surface area contributed by atoms with E-state index in [0.29, 0.717) is 50.0 Å². The highest BCUT2D eigenvalue weighted by Crippen LogP contribution is 2.32. The lowest BCUT2D eigenvalue weighted by molar-refractivity contribution is -0.137. The van der Waals surface area contributed by atoms with Crippen LogP contribution in [0.2, 0.25) is 0 Å². The summed E-state index contributed by atoms with van der Waals surface area (Å²) in [6, 6.07) is 10.7. The Morgan fingerprint density at radius 2 is 1.78 bits per heavy atom. The first-order valence-corrected chi connectivity index (χ1v) is 9.94. The highest BCUT2D eigenvalue weighted by molar-refractivity contribution is 6.02. The van der Waals surface area contributed by atoms with Gasteiger partial charge < -0.3 is 14.6 Å². The summed E-state index contributed by atoms with van der Waals surface area (Å²) in [4.78, 5) is 20.4. The van der Waals surface area contributed by atoms with Gasteiger partial charge in [-0.1, -0.05) is 6.07 Å². The molecule has 3 aromatic rings. The number of carbonyl (C=O) groups is 1. The van der Waals surface area contributed by atoms with Crippen LogP contribution in [0.3, 0.4) is 0 Å². The largest absolute Gasteiger partial charge is 0.447 e. The smallest absolute Gasteiger partial charge is 0.416 e. The van der Waals surface area contributed by atoms with Crippen LogP contribution >= 0.6 is 0 Å². The monoisotopic (exact) mass is 448 g/mol. The molecule has 0 atom stereocenters. The number of nitrogens with one attached hydrogen (secondary N) is 1. The maximum Gasteiger partial charge on any atom is 0.416 e. The normalized spacial score (nSPS) is 15.1. The Hall–Kier alpha value is -3.40. The number of hydrogen-bond acceptors (Lipinski definition) is 5. The van der Waals surface area contributed by atoms with Gasteiger partial charge >= 0.3 is 6.18 Å². The van der Waals surface area contributed by atoms with E-state index in [9.17, 15) is 22.4 Å². The third-order valence-corrected chi connectivity index (χ3v) is 5.16. The zero-order valence-electron chi connectivity index (χ0n) is 16.9. The van der Waals surface area contributed by atoms with Crippen molar-refractivity contribution in [3.8, 4) is 0 Å². The van der Waals surface area contributed by atoms with Crippen LogP contribution in [-0.4, -0.2) is 42.0 Å². The van der Waals surface area contributed by atoms with E-state index in [1.165, 1.54) is 36.6 Å². The summed E-state index contributed by atoms with van der Waals surface area (Å²) in [5, 5.41) is 2.61. The average Bonchev–Trinajstić information content (AvgIpc) is 3.24. The van der Waals surface area contributed by atoms with Crippen molar-refractivity contribution in [3.63, 3.8) is 0 Å². The third-order valence-electron chi connectivity index (χ3n) is 5.16. The molecule has 1 aromatic heterocycles. The molecule has 1 N–H and O–H groups in total. The van der Waals surface area contributed by atoms with Gasteiger partial charge in [-0.05, 0) is 42.5 Å². The molecular formula is C22H20F4N4O2. The number of amides is 1. The van der Waals surface area contributed by atoms with Crippen molar-refractivity contribution in [2.75, 3.05) is 36.4 Å². The quantitative estimate of drug-likeness (QED) is 0.586. The molecule has 0 saturated carbocycles. The van der Waals surface area contributed by atoms with Crippen LogP contribution in [0.5, 0.6) is 0 Å². The van der Waals surface area contributed by atoms with E-state index in [4.69, 9.17) is 4.42 Å². The average molecular weight is 448 g/mol. The summed E-state index contributed by atoms with van der Waals surface area (Å²) in [5.74, 6) is -0.511. The molecule has 168 valence electrons. The summed E-state index contributed by atoms with van der Waals surface area (Å²) in [6.45, 7) is 2.70. The molecule has 0 unspecified atom stereocenters. The molecule has 1 aliphatic rings. The zero-order valence-corrected chi connectivity index (χ0v) is 16.9. The minimum atomic E-state index is -4.37. The molecule has 1 aliphatic heterocycles. The van der Waals surface area contributed by atoms with Crippen LogP contribution in [0.4, 0.5) is 28.9 Å².